The summed E-state index contributed by atoms with van der Waals surface area (Å²) in [6.45, 7) is 2.09. The van der Waals surface area contributed by atoms with E-state index >= 15 is 0 Å². The number of benzene rings is 1. The van der Waals surface area contributed by atoms with E-state index in [0.29, 0.717) is 11.8 Å². The third-order valence-electron chi connectivity index (χ3n) is 5.91. The highest BCUT2D eigenvalue weighted by atomic mass is 19.2. The first kappa shape index (κ1) is 16.7. The summed E-state index contributed by atoms with van der Waals surface area (Å²) in [5.41, 5.74) is -1.34. The Balaban J connectivity index is 1.51. The largest absolute Gasteiger partial charge is 0.349 e. The van der Waals surface area contributed by atoms with Crippen LogP contribution < -0.4 is 10.6 Å². The first-order chi connectivity index (χ1) is 11.8. The van der Waals surface area contributed by atoms with Crippen molar-refractivity contribution in [2.75, 3.05) is 5.32 Å². The number of rotatable bonds is 3. The van der Waals surface area contributed by atoms with Crippen molar-refractivity contribution in [2.45, 2.75) is 56.8 Å². The lowest BCUT2D eigenvalue weighted by Crippen LogP contribution is -2.67. The Morgan fingerprint density at radius 2 is 1.84 bits per heavy atom. The number of amides is 2. The van der Waals surface area contributed by atoms with Gasteiger partial charge in [-0.15, -0.1) is 0 Å². The van der Waals surface area contributed by atoms with Crippen LogP contribution in [0.25, 0.3) is 0 Å². The Bertz CT molecular complexity index is 711. The molecule has 2 N–H and O–H groups in total. The number of hydrogen-bond donors (Lipinski definition) is 2. The van der Waals surface area contributed by atoms with Crippen molar-refractivity contribution in [1.82, 2.24) is 5.32 Å². The van der Waals surface area contributed by atoms with Crippen molar-refractivity contribution >= 4 is 11.7 Å². The molecule has 0 aromatic heterocycles. The maximum absolute atomic E-state index is 13.7. The van der Waals surface area contributed by atoms with E-state index in [-0.39, 0.29) is 5.60 Å². The second-order valence-electron chi connectivity index (χ2n) is 7.72. The number of nitrogens with one attached hydrogen (secondary N) is 2. The summed E-state index contributed by atoms with van der Waals surface area (Å²) in [5, 5.41) is 5.11. The first-order valence-corrected chi connectivity index (χ1v) is 8.76. The van der Waals surface area contributed by atoms with Gasteiger partial charge in [0.15, 0.2) is 17.5 Å². The third kappa shape index (κ3) is 2.78. The summed E-state index contributed by atoms with van der Waals surface area (Å²) < 4.78 is 46.4. The van der Waals surface area contributed by atoms with Crippen LogP contribution in [0.1, 0.15) is 45.4 Å². The van der Waals surface area contributed by atoms with E-state index in [0.717, 1.165) is 50.7 Å². The number of halogens is 3. The molecular formula is C18H21F3N2O2. The predicted octanol–water partition coefficient (Wildman–Crippen LogP) is 4.31. The van der Waals surface area contributed by atoms with Gasteiger partial charge in [-0.05, 0) is 62.5 Å². The second kappa shape index (κ2) is 5.62. The molecule has 4 nitrogen and oxygen atoms in total. The van der Waals surface area contributed by atoms with Gasteiger partial charge < -0.3 is 15.4 Å². The summed E-state index contributed by atoms with van der Waals surface area (Å²) in [6, 6.07) is 1.11. The van der Waals surface area contributed by atoms with Gasteiger partial charge in [-0.1, -0.05) is 6.92 Å². The quantitative estimate of drug-likeness (QED) is 0.795. The van der Waals surface area contributed by atoms with Crippen LogP contribution in [0.15, 0.2) is 12.1 Å². The van der Waals surface area contributed by atoms with Gasteiger partial charge in [0.05, 0.1) is 11.3 Å². The molecule has 0 spiro atoms. The van der Waals surface area contributed by atoms with Gasteiger partial charge in [0, 0.05) is 0 Å². The van der Waals surface area contributed by atoms with E-state index < -0.39 is 34.9 Å². The highest BCUT2D eigenvalue weighted by molar-refractivity contribution is 5.89. The standard InChI is InChI=1S/C18H21F3N2O2/c1-2-17-6-10-5-11(7-17)9-18(8-10,25-17)23-16(24)22-13-4-3-12(19)14(20)15(13)21/h3-4,10-11H,2,5-9H2,1H3,(H2,22,23,24)/t10-,11?,17+,18-/m0/s1. The van der Waals surface area contributed by atoms with Gasteiger partial charge in [-0.25, -0.2) is 18.0 Å². The maximum Gasteiger partial charge on any atom is 0.321 e. The first-order valence-electron chi connectivity index (χ1n) is 8.76. The van der Waals surface area contributed by atoms with E-state index in [1.54, 1.807) is 0 Å². The lowest BCUT2D eigenvalue weighted by atomic mass is 9.59. The molecule has 1 aromatic rings. The zero-order chi connectivity index (χ0) is 17.8. The van der Waals surface area contributed by atoms with Crippen molar-refractivity contribution in [2.24, 2.45) is 11.8 Å². The zero-order valence-corrected chi connectivity index (χ0v) is 14.0. The lowest BCUT2D eigenvalue weighted by Gasteiger charge is -2.61. The Labute approximate surface area is 144 Å². The number of urea groups is 1. The van der Waals surface area contributed by atoms with Crippen molar-refractivity contribution in [3.8, 4) is 0 Å². The summed E-state index contributed by atoms with van der Waals surface area (Å²) in [6.07, 6.45) is 5.56. The van der Waals surface area contributed by atoms with Crippen molar-refractivity contribution in [1.29, 1.82) is 0 Å². The molecule has 4 fully saturated rings. The third-order valence-corrected chi connectivity index (χ3v) is 5.91. The molecule has 2 heterocycles. The molecule has 25 heavy (non-hydrogen) atoms. The van der Waals surface area contributed by atoms with Crippen molar-refractivity contribution in [3.05, 3.63) is 29.6 Å². The van der Waals surface area contributed by atoms with Gasteiger partial charge in [-0.3, -0.25) is 0 Å². The number of anilines is 1. The highest BCUT2D eigenvalue weighted by Crippen LogP contribution is 2.57. The number of hydrogen-bond acceptors (Lipinski definition) is 2. The highest BCUT2D eigenvalue weighted by Gasteiger charge is 2.58. The Hall–Kier alpha value is -1.76. The zero-order valence-electron chi connectivity index (χ0n) is 14.0. The SMILES string of the molecule is CC[C@]12CC3C[C@@H](C1)C[C@@](NC(=O)Nc1ccc(F)c(F)c1F)(C3)O2. The summed E-state index contributed by atoms with van der Waals surface area (Å²) in [4.78, 5) is 12.4. The van der Waals surface area contributed by atoms with Crippen LogP contribution >= 0.6 is 0 Å². The normalized spacial score (nSPS) is 35.7. The molecule has 2 amide bonds. The molecule has 2 aliphatic carbocycles. The fourth-order valence-electron chi connectivity index (χ4n) is 5.15. The van der Waals surface area contributed by atoms with Crippen LogP contribution in [0.3, 0.4) is 0 Å². The monoisotopic (exact) mass is 354 g/mol. The molecule has 136 valence electrons. The molecule has 2 saturated carbocycles. The molecule has 4 aliphatic rings. The molecule has 2 aliphatic heterocycles. The molecule has 5 rings (SSSR count). The summed E-state index contributed by atoms with van der Waals surface area (Å²) in [5.74, 6) is -3.28. The van der Waals surface area contributed by atoms with E-state index in [2.05, 4.69) is 17.6 Å². The minimum atomic E-state index is -1.60. The van der Waals surface area contributed by atoms with Crippen LogP contribution in [0, 0.1) is 29.3 Å². The Morgan fingerprint density at radius 1 is 1.16 bits per heavy atom. The molecule has 1 unspecified atom stereocenters. The van der Waals surface area contributed by atoms with Gasteiger partial charge in [0.2, 0.25) is 0 Å². The fourth-order valence-corrected chi connectivity index (χ4v) is 5.15. The minimum Gasteiger partial charge on any atom is -0.349 e. The van der Waals surface area contributed by atoms with Crippen LogP contribution in [-0.4, -0.2) is 17.4 Å². The molecule has 2 saturated heterocycles. The van der Waals surface area contributed by atoms with Crippen molar-refractivity contribution < 1.29 is 22.7 Å². The second-order valence-corrected chi connectivity index (χ2v) is 7.72. The van der Waals surface area contributed by atoms with Crippen LogP contribution in [-0.2, 0) is 4.74 Å². The van der Waals surface area contributed by atoms with E-state index in [9.17, 15) is 18.0 Å². The molecule has 1 aromatic carbocycles. The molecule has 4 atom stereocenters. The van der Waals surface area contributed by atoms with Gasteiger partial charge in [-0.2, -0.15) is 0 Å². The Kier molecular flexibility index (Phi) is 3.76. The number of carbonyl (C=O) groups excluding carboxylic acids is 1. The summed E-state index contributed by atoms with van der Waals surface area (Å²) in [7, 11) is 0. The lowest BCUT2D eigenvalue weighted by molar-refractivity contribution is -0.281. The summed E-state index contributed by atoms with van der Waals surface area (Å²) >= 11 is 0. The van der Waals surface area contributed by atoms with Crippen LogP contribution in [0.2, 0.25) is 0 Å². The average molecular weight is 354 g/mol. The average Bonchev–Trinajstić information content (AvgIpc) is 2.54. The van der Waals surface area contributed by atoms with Crippen molar-refractivity contribution in [3.63, 3.8) is 0 Å². The number of carbonyl (C=O) groups is 1. The molecule has 0 radical (unpaired) electrons. The minimum absolute atomic E-state index is 0.190. The molecule has 4 bridgehead atoms. The topological polar surface area (TPSA) is 50.4 Å². The van der Waals surface area contributed by atoms with Gasteiger partial charge >= 0.3 is 6.03 Å². The predicted molar refractivity (Wildman–Crippen MR) is 85.4 cm³/mol. The van der Waals surface area contributed by atoms with Crippen LogP contribution in [0.5, 0.6) is 0 Å². The fraction of sp³-hybridized carbons (Fsp3) is 0.611. The molecule has 7 heteroatoms. The number of ether oxygens (including phenoxy) is 1. The maximum atomic E-state index is 13.7. The van der Waals surface area contributed by atoms with E-state index in [1.165, 1.54) is 0 Å². The smallest absolute Gasteiger partial charge is 0.321 e. The molecular weight excluding hydrogens is 333 g/mol. The Morgan fingerprint density at radius 3 is 2.48 bits per heavy atom. The van der Waals surface area contributed by atoms with Gasteiger partial charge in [0.25, 0.3) is 0 Å². The van der Waals surface area contributed by atoms with Crippen LogP contribution in [0.4, 0.5) is 23.7 Å². The van der Waals surface area contributed by atoms with E-state index in [1.807, 2.05) is 0 Å². The van der Waals surface area contributed by atoms with Gasteiger partial charge in [0.1, 0.15) is 5.72 Å². The van der Waals surface area contributed by atoms with E-state index in [4.69, 9.17) is 4.74 Å².